The van der Waals surface area contributed by atoms with Crippen molar-refractivity contribution in [2.24, 2.45) is 0 Å². The van der Waals surface area contributed by atoms with Gasteiger partial charge in [-0.25, -0.2) is 9.37 Å². The van der Waals surface area contributed by atoms with Crippen molar-refractivity contribution >= 4 is 0 Å². The molecule has 0 bridgehead atoms. The predicted octanol–water partition coefficient (Wildman–Crippen LogP) is 2.03. The molecule has 6 nitrogen and oxygen atoms in total. The maximum atomic E-state index is 13.7. The number of ether oxygens (including phenoxy) is 2. The van der Waals surface area contributed by atoms with Crippen molar-refractivity contribution in [3.63, 3.8) is 0 Å². The molecule has 2 aromatic heterocycles. The summed E-state index contributed by atoms with van der Waals surface area (Å²) < 4.78 is 26.8. The van der Waals surface area contributed by atoms with Crippen LogP contribution in [0.25, 0.3) is 0 Å². The molecule has 0 unspecified atom stereocenters. The highest BCUT2D eigenvalue weighted by molar-refractivity contribution is 5.13. The van der Waals surface area contributed by atoms with Gasteiger partial charge in [-0.15, -0.1) is 0 Å². The van der Waals surface area contributed by atoms with Gasteiger partial charge in [0.25, 0.3) is 0 Å². The molecule has 1 fully saturated rings. The van der Waals surface area contributed by atoms with E-state index in [1.165, 1.54) is 18.0 Å². The van der Waals surface area contributed by atoms with Crippen molar-refractivity contribution in [1.29, 1.82) is 0 Å². The Morgan fingerprint density at radius 2 is 2.12 bits per heavy atom. The molecular formula is C17H21FN4O2. The van der Waals surface area contributed by atoms with E-state index >= 15 is 0 Å². The third-order valence-electron chi connectivity index (χ3n) is 4.75. The number of pyridine rings is 1. The lowest BCUT2D eigenvalue weighted by Gasteiger charge is -2.40. The lowest BCUT2D eigenvalue weighted by Crippen LogP contribution is -2.47. The van der Waals surface area contributed by atoms with Crippen LogP contribution in [0.5, 0.6) is 5.88 Å². The normalized spacial score (nSPS) is 22.3. The first-order valence-electron chi connectivity index (χ1n) is 8.39. The number of hydrogen-bond acceptors (Lipinski definition) is 5. The average molecular weight is 332 g/mol. The summed E-state index contributed by atoms with van der Waals surface area (Å²) in [7, 11) is 0. The highest BCUT2D eigenvalue weighted by atomic mass is 19.1. The first-order valence-corrected chi connectivity index (χ1v) is 8.39. The summed E-state index contributed by atoms with van der Waals surface area (Å²) in [4.78, 5) is 6.43. The second-order valence-electron chi connectivity index (χ2n) is 6.30. The van der Waals surface area contributed by atoms with Crippen molar-refractivity contribution < 1.29 is 13.9 Å². The minimum Gasteiger partial charge on any atom is -0.473 e. The molecular weight excluding hydrogens is 311 g/mol. The highest BCUT2D eigenvalue weighted by Crippen LogP contribution is 2.26. The van der Waals surface area contributed by atoms with Gasteiger partial charge in [-0.05, 0) is 31.0 Å². The third-order valence-corrected chi connectivity index (χ3v) is 4.75. The molecule has 0 spiro atoms. The van der Waals surface area contributed by atoms with Crippen LogP contribution in [0.3, 0.4) is 0 Å². The van der Waals surface area contributed by atoms with Gasteiger partial charge in [-0.3, -0.25) is 9.58 Å². The zero-order chi connectivity index (χ0) is 16.4. The van der Waals surface area contributed by atoms with Crippen LogP contribution in [-0.2, 0) is 11.3 Å². The number of hydrogen-bond donors (Lipinski definition) is 0. The molecule has 0 radical (unpaired) electrons. The third kappa shape index (κ3) is 3.14. The average Bonchev–Trinajstić information content (AvgIpc) is 3.10. The first-order chi connectivity index (χ1) is 11.8. The zero-order valence-corrected chi connectivity index (χ0v) is 13.5. The smallest absolute Gasteiger partial charge is 0.250 e. The van der Waals surface area contributed by atoms with Gasteiger partial charge >= 0.3 is 0 Å². The van der Waals surface area contributed by atoms with Crippen molar-refractivity contribution in [3.8, 4) is 5.88 Å². The molecule has 7 heteroatoms. The van der Waals surface area contributed by atoms with E-state index < -0.39 is 5.82 Å². The van der Waals surface area contributed by atoms with E-state index in [9.17, 15) is 4.39 Å². The first kappa shape index (κ1) is 15.5. The van der Waals surface area contributed by atoms with Crippen molar-refractivity contribution in [3.05, 3.63) is 42.1 Å². The lowest BCUT2D eigenvalue weighted by molar-refractivity contribution is 0.0116. The monoisotopic (exact) mass is 332 g/mol. The molecule has 0 amide bonds. The Hall–Kier alpha value is -1.99. The fourth-order valence-corrected chi connectivity index (χ4v) is 3.52. The van der Waals surface area contributed by atoms with Crippen LogP contribution in [0.2, 0.25) is 0 Å². The molecule has 24 heavy (non-hydrogen) atoms. The van der Waals surface area contributed by atoms with Gasteiger partial charge in [-0.2, -0.15) is 5.10 Å². The molecule has 4 rings (SSSR count). The Morgan fingerprint density at radius 3 is 2.96 bits per heavy atom. The van der Waals surface area contributed by atoms with Gasteiger partial charge in [0.2, 0.25) is 5.88 Å². The van der Waals surface area contributed by atoms with Crippen LogP contribution >= 0.6 is 0 Å². The minimum absolute atomic E-state index is 0.0491. The molecule has 1 atom stereocenters. The summed E-state index contributed by atoms with van der Waals surface area (Å²) in [6.07, 6.45) is 5.46. The Morgan fingerprint density at radius 1 is 1.25 bits per heavy atom. The largest absolute Gasteiger partial charge is 0.473 e. The van der Waals surface area contributed by atoms with E-state index in [1.807, 2.05) is 16.9 Å². The Kier molecular flexibility index (Phi) is 4.44. The maximum absolute atomic E-state index is 13.7. The van der Waals surface area contributed by atoms with Gasteiger partial charge in [-0.1, -0.05) is 0 Å². The van der Waals surface area contributed by atoms with Crippen LogP contribution in [0, 0.1) is 5.82 Å². The summed E-state index contributed by atoms with van der Waals surface area (Å²) in [6, 6.07) is 5.53. The Bertz CT molecular complexity index is 687. The number of rotatable bonds is 4. The molecule has 4 heterocycles. The molecule has 2 aliphatic heterocycles. The summed E-state index contributed by atoms with van der Waals surface area (Å²) in [6.45, 7) is 3.72. The second-order valence-corrected chi connectivity index (χ2v) is 6.30. The second kappa shape index (κ2) is 6.86. The summed E-state index contributed by atoms with van der Waals surface area (Å²) in [5, 5.41) is 4.42. The minimum atomic E-state index is -0.435. The topological polar surface area (TPSA) is 52.4 Å². The fraction of sp³-hybridized carbons (Fsp3) is 0.529. The van der Waals surface area contributed by atoms with Gasteiger partial charge in [0.05, 0.1) is 11.7 Å². The van der Waals surface area contributed by atoms with Crippen molar-refractivity contribution in [2.45, 2.75) is 31.5 Å². The lowest BCUT2D eigenvalue weighted by atomic mass is 10.0. The number of aromatic nitrogens is 3. The summed E-state index contributed by atoms with van der Waals surface area (Å²) >= 11 is 0. The fourth-order valence-electron chi connectivity index (χ4n) is 3.52. The molecule has 0 saturated carbocycles. The van der Waals surface area contributed by atoms with Crippen molar-refractivity contribution in [1.82, 2.24) is 19.7 Å². The van der Waals surface area contributed by atoms with E-state index in [0.717, 1.165) is 39.1 Å². The van der Waals surface area contributed by atoms with E-state index in [1.54, 1.807) is 6.07 Å². The standard InChI is InChI=1S/C17H21FN4O2/c18-16-2-1-6-19-17(16)24-12-15-11-21(13-4-8-23-9-5-13)10-14-3-7-20-22(14)15/h1-3,6-7,13,15H,4-5,8-12H2/t15-/m1/s1. The summed E-state index contributed by atoms with van der Waals surface area (Å²) in [5.41, 5.74) is 1.17. The number of halogens is 1. The van der Waals surface area contributed by atoms with E-state index in [0.29, 0.717) is 12.6 Å². The van der Waals surface area contributed by atoms with Crippen LogP contribution in [0.1, 0.15) is 24.6 Å². The molecule has 2 aromatic rings. The molecule has 2 aliphatic rings. The molecule has 1 saturated heterocycles. The Balaban J connectivity index is 1.48. The van der Waals surface area contributed by atoms with Crippen LogP contribution < -0.4 is 4.74 Å². The van der Waals surface area contributed by atoms with Gasteiger partial charge in [0, 0.05) is 44.7 Å². The van der Waals surface area contributed by atoms with Crippen LogP contribution in [0.15, 0.2) is 30.6 Å². The molecule has 128 valence electrons. The van der Waals surface area contributed by atoms with E-state index in [4.69, 9.17) is 9.47 Å². The number of fused-ring (bicyclic) bond motifs is 1. The van der Waals surface area contributed by atoms with Crippen LogP contribution in [0.4, 0.5) is 4.39 Å². The van der Waals surface area contributed by atoms with Gasteiger partial charge in [0.15, 0.2) is 5.82 Å². The zero-order valence-electron chi connectivity index (χ0n) is 13.5. The summed E-state index contributed by atoms with van der Waals surface area (Å²) in [5.74, 6) is -0.385. The van der Waals surface area contributed by atoms with Crippen LogP contribution in [-0.4, -0.2) is 52.1 Å². The Labute approximate surface area is 140 Å². The van der Waals surface area contributed by atoms with Gasteiger partial charge in [0.1, 0.15) is 6.61 Å². The SMILES string of the molecule is Fc1cccnc1OC[C@H]1CN(C2CCOCC2)Cc2ccnn21. The predicted molar refractivity (Wildman–Crippen MR) is 85.2 cm³/mol. The van der Waals surface area contributed by atoms with E-state index in [2.05, 4.69) is 15.0 Å². The number of nitrogens with zero attached hydrogens (tertiary/aromatic N) is 4. The maximum Gasteiger partial charge on any atom is 0.250 e. The molecule has 0 aromatic carbocycles. The quantitative estimate of drug-likeness (QED) is 0.857. The van der Waals surface area contributed by atoms with Gasteiger partial charge < -0.3 is 9.47 Å². The molecule has 0 N–H and O–H groups in total. The molecule has 0 aliphatic carbocycles. The van der Waals surface area contributed by atoms with E-state index in [-0.39, 0.29) is 11.9 Å². The van der Waals surface area contributed by atoms with Crippen molar-refractivity contribution in [2.75, 3.05) is 26.4 Å². The highest BCUT2D eigenvalue weighted by Gasteiger charge is 2.31.